The average molecular weight is 272 g/mol. The standard InChI is InChI=1S/C12H20N2O3S/c1-12(2,3)6-7-17-10-5-4-9(13)8-11(10)18(14,15)16/h4-5,8H,6-7,13H2,1-3H3,(H2,14,15,16). The van der Waals surface area contributed by atoms with Crippen molar-refractivity contribution in [2.75, 3.05) is 12.3 Å². The van der Waals surface area contributed by atoms with Gasteiger partial charge in [-0.2, -0.15) is 0 Å². The van der Waals surface area contributed by atoms with Crippen molar-refractivity contribution in [1.82, 2.24) is 0 Å². The lowest BCUT2D eigenvalue weighted by Gasteiger charge is -2.18. The Morgan fingerprint density at radius 1 is 1.28 bits per heavy atom. The number of anilines is 1. The van der Waals surface area contributed by atoms with Gasteiger partial charge < -0.3 is 10.5 Å². The average Bonchev–Trinajstić information content (AvgIpc) is 2.17. The van der Waals surface area contributed by atoms with Crippen LogP contribution in [0.3, 0.4) is 0 Å². The van der Waals surface area contributed by atoms with Crippen molar-refractivity contribution in [2.24, 2.45) is 10.6 Å². The molecule has 18 heavy (non-hydrogen) atoms. The predicted octanol–water partition coefficient (Wildman–Crippen LogP) is 1.73. The van der Waals surface area contributed by atoms with Gasteiger partial charge in [-0.05, 0) is 30.0 Å². The van der Waals surface area contributed by atoms with Crippen molar-refractivity contribution in [3.8, 4) is 5.75 Å². The molecule has 1 aromatic carbocycles. The highest BCUT2D eigenvalue weighted by molar-refractivity contribution is 7.89. The van der Waals surface area contributed by atoms with E-state index in [0.717, 1.165) is 6.42 Å². The van der Waals surface area contributed by atoms with Crippen LogP contribution in [0, 0.1) is 5.41 Å². The minimum Gasteiger partial charge on any atom is -0.492 e. The number of sulfonamides is 1. The van der Waals surface area contributed by atoms with Gasteiger partial charge in [0.05, 0.1) is 6.61 Å². The zero-order chi connectivity index (χ0) is 14.0. The van der Waals surface area contributed by atoms with E-state index >= 15 is 0 Å². The molecule has 0 atom stereocenters. The van der Waals surface area contributed by atoms with Crippen molar-refractivity contribution in [1.29, 1.82) is 0 Å². The zero-order valence-electron chi connectivity index (χ0n) is 10.9. The molecule has 0 aliphatic rings. The largest absolute Gasteiger partial charge is 0.492 e. The van der Waals surface area contributed by atoms with Gasteiger partial charge in [-0.25, -0.2) is 13.6 Å². The van der Waals surface area contributed by atoms with Crippen molar-refractivity contribution < 1.29 is 13.2 Å². The van der Waals surface area contributed by atoms with E-state index in [4.69, 9.17) is 15.6 Å². The van der Waals surface area contributed by atoms with Crippen LogP contribution in [0.4, 0.5) is 5.69 Å². The molecular weight excluding hydrogens is 252 g/mol. The molecule has 0 radical (unpaired) electrons. The second kappa shape index (κ2) is 5.16. The van der Waals surface area contributed by atoms with Crippen LogP contribution in [-0.2, 0) is 10.0 Å². The summed E-state index contributed by atoms with van der Waals surface area (Å²) in [7, 11) is -3.83. The molecular formula is C12H20N2O3S. The summed E-state index contributed by atoms with van der Waals surface area (Å²) in [6.45, 7) is 6.68. The van der Waals surface area contributed by atoms with Crippen LogP contribution in [-0.4, -0.2) is 15.0 Å². The molecule has 6 heteroatoms. The molecule has 0 aromatic heterocycles. The summed E-state index contributed by atoms with van der Waals surface area (Å²) in [6.07, 6.45) is 0.807. The number of nitrogens with two attached hydrogens (primary N) is 2. The van der Waals surface area contributed by atoms with Gasteiger partial charge in [0.15, 0.2) is 0 Å². The highest BCUT2D eigenvalue weighted by Gasteiger charge is 2.17. The van der Waals surface area contributed by atoms with Crippen LogP contribution in [0.25, 0.3) is 0 Å². The molecule has 5 nitrogen and oxygen atoms in total. The van der Waals surface area contributed by atoms with Gasteiger partial charge in [-0.15, -0.1) is 0 Å². The topological polar surface area (TPSA) is 95.4 Å². The molecule has 1 rings (SSSR count). The Bertz CT molecular complexity index is 519. The van der Waals surface area contributed by atoms with E-state index in [-0.39, 0.29) is 16.1 Å². The Morgan fingerprint density at radius 2 is 1.89 bits per heavy atom. The zero-order valence-corrected chi connectivity index (χ0v) is 11.8. The summed E-state index contributed by atoms with van der Waals surface area (Å²) in [5.74, 6) is 0.246. The predicted molar refractivity (Wildman–Crippen MR) is 71.8 cm³/mol. The Kier molecular flexibility index (Phi) is 4.24. The third-order valence-corrected chi connectivity index (χ3v) is 3.32. The molecule has 0 aliphatic carbocycles. The van der Waals surface area contributed by atoms with Gasteiger partial charge in [-0.3, -0.25) is 0 Å². The Balaban J connectivity index is 2.90. The first kappa shape index (κ1) is 14.8. The van der Waals surface area contributed by atoms with Crippen LogP contribution in [0.1, 0.15) is 27.2 Å². The molecule has 0 heterocycles. The maximum absolute atomic E-state index is 11.4. The third-order valence-electron chi connectivity index (χ3n) is 2.38. The maximum Gasteiger partial charge on any atom is 0.241 e. The molecule has 0 fully saturated rings. The lowest BCUT2D eigenvalue weighted by atomic mass is 9.93. The molecule has 0 spiro atoms. The number of ether oxygens (including phenoxy) is 1. The number of hydrogen-bond acceptors (Lipinski definition) is 4. The van der Waals surface area contributed by atoms with Gasteiger partial charge in [0, 0.05) is 5.69 Å². The molecule has 0 amide bonds. The number of hydrogen-bond donors (Lipinski definition) is 2. The van der Waals surface area contributed by atoms with Gasteiger partial charge >= 0.3 is 0 Å². The second-order valence-electron chi connectivity index (χ2n) is 5.41. The van der Waals surface area contributed by atoms with Crippen molar-refractivity contribution >= 4 is 15.7 Å². The van der Waals surface area contributed by atoms with Crippen molar-refractivity contribution in [3.63, 3.8) is 0 Å². The fraction of sp³-hybridized carbons (Fsp3) is 0.500. The van der Waals surface area contributed by atoms with Crippen LogP contribution < -0.4 is 15.6 Å². The van der Waals surface area contributed by atoms with Crippen LogP contribution in [0.2, 0.25) is 0 Å². The van der Waals surface area contributed by atoms with Gasteiger partial charge in [-0.1, -0.05) is 20.8 Å². The first-order chi connectivity index (χ1) is 8.09. The van der Waals surface area contributed by atoms with Crippen molar-refractivity contribution in [2.45, 2.75) is 32.1 Å². The normalized spacial score (nSPS) is 12.4. The Labute approximate surface area is 108 Å². The van der Waals surface area contributed by atoms with Crippen LogP contribution in [0.15, 0.2) is 23.1 Å². The Hall–Kier alpha value is -1.27. The van der Waals surface area contributed by atoms with Gasteiger partial charge in [0.25, 0.3) is 0 Å². The van der Waals surface area contributed by atoms with Gasteiger partial charge in [0.2, 0.25) is 10.0 Å². The molecule has 102 valence electrons. The lowest BCUT2D eigenvalue weighted by Crippen LogP contribution is -2.16. The highest BCUT2D eigenvalue weighted by atomic mass is 32.2. The van der Waals surface area contributed by atoms with Crippen LogP contribution in [0.5, 0.6) is 5.75 Å². The van der Waals surface area contributed by atoms with Crippen LogP contribution >= 0.6 is 0 Å². The fourth-order valence-electron chi connectivity index (χ4n) is 1.33. The van der Waals surface area contributed by atoms with E-state index in [0.29, 0.717) is 12.3 Å². The smallest absolute Gasteiger partial charge is 0.241 e. The fourth-order valence-corrected chi connectivity index (χ4v) is 2.04. The third kappa shape index (κ3) is 4.54. The summed E-state index contributed by atoms with van der Waals surface area (Å²) >= 11 is 0. The van der Waals surface area contributed by atoms with E-state index in [2.05, 4.69) is 20.8 Å². The van der Waals surface area contributed by atoms with E-state index in [9.17, 15) is 8.42 Å². The number of benzene rings is 1. The number of primary sulfonamides is 1. The number of rotatable bonds is 4. The molecule has 0 aliphatic heterocycles. The van der Waals surface area contributed by atoms with Gasteiger partial charge in [0.1, 0.15) is 10.6 Å². The summed E-state index contributed by atoms with van der Waals surface area (Å²) in [6, 6.07) is 4.42. The molecule has 1 aromatic rings. The summed E-state index contributed by atoms with van der Waals surface area (Å²) < 4.78 is 28.3. The Morgan fingerprint density at radius 3 is 2.39 bits per heavy atom. The molecule has 0 bridgehead atoms. The lowest BCUT2D eigenvalue weighted by molar-refractivity contribution is 0.239. The maximum atomic E-state index is 11.4. The summed E-state index contributed by atoms with van der Waals surface area (Å²) in [4.78, 5) is -0.0728. The quantitative estimate of drug-likeness (QED) is 0.816. The molecule has 0 saturated carbocycles. The first-order valence-corrected chi connectivity index (χ1v) is 7.19. The highest BCUT2D eigenvalue weighted by Crippen LogP contribution is 2.26. The minimum atomic E-state index is -3.83. The van der Waals surface area contributed by atoms with E-state index in [1.165, 1.54) is 12.1 Å². The van der Waals surface area contributed by atoms with Crippen molar-refractivity contribution in [3.05, 3.63) is 18.2 Å². The second-order valence-corrected chi connectivity index (χ2v) is 6.94. The number of nitrogen functional groups attached to an aromatic ring is 1. The SMILES string of the molecule is CC(C)(C)CCOc1ccc(N)cc1S(N)(=O)=O. The van der Waals surface area contributed by atoms with E-state index in [1.54, 1.807) is 6.07 Å². The minimum absolute atomic E-state index is 0.0728. The summed E-state index contributed by atoms with van der Waals surface area (Å²) in [5.41, 5.74) is 6.00. The molecule has 4 N–H and O–H groups in total. The monoisotopic (exact) mass is 272 g/mol. The van der Waals surface area contributed by atoms with E-state index in [1.807, 2.05) is 0 Å². The molecule has 0 saturated heterocycles. The summed E-state index contributed by atoms with van der Waals surface area (Å²) in [5, 5.41) is 5.12. The van der Waals surface area contributed by atoms with E-state index < -0.39 is 10.0 Å². The molecule has 0 unspecified atom stereocenters. The first-order valence-electron chi connectivity index (χ1n) is 5.65.